The van der Waals surface area contributed by atoms with E-state index in [4.69, 9.17) is 4.74 Å². The number of amides is 1. The first-order valence-corrected chi connectivity index (χ1v) is 8.27. The Hall–Kier alpha value is -2.89. The molecule has 1 N–H and O–H groups in total. The van der Waals surface area contributed by atoms with Crippen LogP contribution >= 0.6 is 0 Å². The van der Waals surface area contributed by atoms with Crippen LogP contribution in [0.15, 0.2) is 42.5 Å². The Morgan fingerprint density at radius 1 is 1.20 bits per heavy atom. The molecule has 0 fully saturated rings. The number of rotatable bonds is 8. The highest BCUT2D eigenvalue weighted by atomic mass is 16.6. The molecule has 25 heavy (non-hydrogen) atoms. The van der Waals surface area contributed by atoms with Gasteiger partial charge in [0.1, 0.15) is 12.4 Å². The summed E-state index contributed by atoms with van der Waals surface area (Å²) >= 11 is 0. The molecule has 0 aliphatic carbocycles. The highest BCUT2D eigenvalue weighted by molar-refractivity contribution is 5.96. The summed E-state index contributed by atoms with van der Waals surface area (Å²) < 4.78 is 5.59. The van der Waals surface area contributed by atoms with Crippen LogP contribution < -0.4 is 10.1 Å². The van der Waals surface area contributed by atoms with Gasteiger partial charge < -0.3 is 10.1 Å². The van der Waals surface area contributed by atoms with Crippen LogP contribution in [0.3, 0.4) is 0 Å². The van der Waals surface area contributed by atoms with Gasteiger partial charge in [0.2, 0.25) is 0 Å². The van der Waals surface area contributed by atoms with Crippen molar-refractivity contribution in [1.82, 2.24) is 5.32 Å². The number of nitro groups is 1. The summed E-state index contributed by atoms with van der Waals surface area (Å²) in [5, 5.41) is 13.7. The smallest absolute Gasteiger partial charge is 0.273 e. The highest BCUT2D eigenvalue weighted by Gasteiger charge is 2.17. The van der Waals surface area contributed by atoms with Crippen LogP contribution in [0.25, 0.3) is 0 Å². The van der Waals surface area contributed by atoms with Crippen molar-refractivity contribution in [3.05, 3.63) is 69.3 Å². The molecule has 0 aliphatic rings. The molecule has 0 aliphatic heterocycles. The molecule has 0 radical (unpaired) electrons. The third-order valence-corrected chi connectivity index (χ3v) is 3.86. The second-order valence-electron chi connectivity index (χ2n) is 5.71. The van der Waals surface area contributed by atoms with Crippen LogP contribution in [0.4, 0.5) is 5.69 Å². The molecule has 6 heteroatoms. The van der Waals surface area contributed by atoms with Gasteiger partial charge in [0.15, 0.2) is 0 Å². The van der Waals surface area contributed by atoms with E-state index in [1.165, 1.54) is 17.7 Å². The van der Waals surface area contributed by atoms with Crippen molar-refractivity contribution in [3.8, 4) is 5.75 Å². The normalized spacial score (nSPS) is 10.3. The summed E-state index contributed by atoms with van der Waals surface area (Å²) in [5.41, 5.74) is 1.87. The number of aryl methyl sites for hydroxylation is 1. The molecule has 2 rings (SSSR count). The van der Waals surface area contributed by atoms with Gasteiger partial charge in [0.05, 0.1) is 11.5 Å². The number of benzene rings is 2. The maximum absolute atomic E-state index is 12.2. The van der Waals surface area contributed by atoms with Crippen molar-refractivity contribution < 1.29 is 14.5 Å². The van der Waals surface area contributed by atoms with Gasteiger partial charge in [-0.05, 0) is 37.1 Å². The SMILES string of the molecule is CCCc1ccc(OCCNC(=O)c2cccc([N+](=O)[O-])c2C)cc1. The summed E-state index contributed by atoms with van der Waals surface area (Å²) in [5.74, 6) is 0.406. The first kappa shape index (κ1) is 18.4. The van der Waals surface area contributed by atoms with Gasteiger partial charge in [-0.3, -0.25) is 14.9 Å². The molecular weight excluding hydrogens is 320 g/mol. The Bertz CT molecular complexity index is 742. The van der Waals surface area contributed by atoms with Gasteiger partial charge in [-0.2, -0.15) is 0 Å². The van der Waals surface area contributed by atoms with Gasteiger partial charge in [-0.15, -0.1) is 0 Å². The van der Waals surface area contributed by atoms with E-state index < -0.39 is 4.92 Å². The summed E-state index contributed by atoms with van der Waals surface area (Å²) in [4.78, 5) is 22.6. The molecule has 6 nitrogen and oxygen atoms in total. The molecule has 0 heterocycles. The van der Waals surface area contributed by atoms with Crippen LogP contribution in [-0.2, 0) is 6.42 Å². The fraction of sp³-hybridized carbons (Fsp3) is 0.316. The van der Waals surface area contributed by atoms with Crippen LogP contribution in [0.1, 0.15) is 34.8 Å². The molecule has 0 saturated carbocycles. The van der Waals surface area contributed by atoms with Crippen molar-refractivity contribution in [1.29, 1.82) is 0 Å². The predicted octanol–water partition coefficient (Wildman–Crippen LogP) is 3.66. The molecular formula is C19H22N2O4. The van der Waals surface area contributed by atoms with E-state index in [2.05, 4.69) is 12.2 Å². The maximum Gasteiger partial charge on any atom is 0.273 e. The minimum absolute atomic E-state index is 0.0592. The molecule has 0 spiro atoms. The average molecular weight is 342 g/mol. The van der Waals surface area contributed by atoms with E-state index in [1.54, 1.807) is 13.0 Å². The Morgan fingerprint density at radius 3 is 2.56 bits per heavy atom. The lowest BCUT2D eigenvalue weighted by molar-refractivity contribution is -0.385. The minimum Gasteiger partial charge on any atom is -0.492 e. The standard InChI is InChI=1S/C19H22N2O4/c1-3-5-15-8-10-16(11-9-15)25-13-12-20-19(22)17-6-4-7-18(14(17)2)21(23)24/h4,6-11H,3,5,12-13H2,1-2H3,(H,20,22). The van der Waals surface area contributed by atoms with Gasteiger partial charge in [-0.1, -0.05) is 31.5 Å². The van der Waals surface area contributed by atoms with Crippen molar-refractivity contribution in [2.45, 2.75) is 26.7 Å². The van der Waals surface area contributed by atoms with E-state index >= 15 is 0 Å². The van der Waals surface area contributed by atoms with E-state index in [1.807, 2.05) is 24.3 Å². The third-order valence-electron chi connectivity index (χ3n) is 3.86. The van der Waals surface area contributed by atoms with Crippen molar-refractivity contribution >= 4 is 11.6 Å². The largest absolute Gasteiger partial charge is 0.492 e. The number of ether oxygens (including phenoxy) is 1. The monoisotopic (exact) mass is 342 g/mol. The van der Waals surface area contributed by atoms with Gasteiger partial charge in [-0.25, -0.2) is 0 Å². The van der Waals surface area contributed by atoms with E-state index in [9.17, 15) is 14.9 Å². The summed E-state index contributed by atoms with van der Waals surface area (Å²) in [6, 6.07) is 12.4. The molecule has 0 bridgehead atoms. The van der Waals surface area contributed by atoms with E-state index in [-0.39, 0.29) is 11.6 Å². The first-order chi connectivity index (χ1) is 12.0. The number of hydrogen-bond donors (Lipinski definition) is 1. The second kappa shape index (κ2) is 8.82. The lowest BCUT2D eigenvalue weighted by Gasteiger charge is -2.10. The fourth-order valence-electron chi connectivity index (χ4n) is 2.54. The van der Waals surface area contributed by atoms with Crippen molar-refractivity contribution in [2.24, 2.45) is 0 Å². The van der Waals surface area contributed by atoms with Gasteiger partial charge >= 0.3 is 0 Å². The molecule has 1 amide bonds. The molecule has 0 saturated heterocycles. The lowest BCUT2D eigenvalue weighted by atomic mass is 10.1. The van der Waals surface area contributed by atoms with Crippen molar-refractivity contribution in [2.75, 3.05) is 13.2 Å². The third kappa shape index (κ3) is 5.04. The maximum atomic E-state index is 12.2. The highest BCUT2D eigenvalue weighted by Crippen LogP contribution is 2.20. The number of hydrogen-bond acceptors (Lipinski definition) is 4. The van der Waals surface area contributed by atoms with Crippen LogP contribution in [0, 0.1) is 17.0 Å². The lowest BCUT2D eigenvalue weighted by Crippen LogP contribution is -2.28. The average Bonchev–Trinajstić information content (AvgIpc) is 2.60. The Morgan fingerprint density at radius 2 is 1.92 bits per heavy atom. The number of carbonyl (C=O) groups excluding carboxylic acids is 1. The zero-order valence-corrected chi connectivity index (χ0v) is 14.5. The quantitative estimate of drug-likeness (QED) is 0.451. The summed E-state index contributed by atoms with van der Waals surface area (Å²) in [6.45, 7) is 4.35. The minimum atomic E-state index is -0.489. The molecule has 0 unspecified atom stereocenters. The van der Waals surface area contributed by atoms with Crippen LogP contribution in [-0.4, -0.2) is 24.0 Å². The second-order valence-corrected chi connectivity index (χ2v) is 5.71. The molecule has 0 atom stereocenters. The zero-order chi connectivity index (χ0) is 18.2. The zero-order valence-electron chi connectivity index (χ0n) is 14.5. The summed E-state index contributed by atoms with van der Waals surface area (Å²) in [7, 11) is 0. The van der Waals surface area contributed by atoms with E-state index in [0.29, 0.717) is 24.3 Å². The number of nitrogens with one attached hydrogen (secondary N) is 1. The fourth-order valence-corrected chi connectivity index (χ4v) is 2.54. The summed E-state index contributed by atoms with van der Waals surface area (Å²) in [6.07, 6.45) is 2.14. The van der Waals surface area contributed by atoms with E-state index in [0.717, 1.165) is 18.6 Å². The number of carbonyl (C=O) groups is 1. The molecule has 132 valence electrons. The Kier molecular flexibility index (Phi) is 6.51. The first-order valence-electron chi connectivity index (χ1n) is 8.27. The Labute approximate surface area is 147 Å². The van der Waals surface area contributed by atoms with Crippen molar-refractivity contribution in [3.63, 3.8) is 0 Å². The molecule has 2 aromatic carbocycles. The Balaban J connectivity index is 1.84. The van der Waals surface area contributed by atoms with Crippen LogP contribution in [0.2, 0.25) is 0 Å². The number of nitro benzene ring substituents is 1. The predicted molar refractivity (Wildman–Crippen MR) is 96.1 cm³/mol. The van der Waals surface area contributed by atoms with Gasteiger partial charge in [0.25, 0.3) is 11.6 Å². The van der Waals surface area contributed by atoms with Crippen LogP contribution in [0.5, 0.6) is 5.75 Å². The number of nitrogens with zero attached hydrogens (tertiary/aromatic N) is 1. The molecule has 0 aromatic heterocycles. The topological polar surface area (TPSA) is 81.5 Å². The molecule has 2 aromatic rings. The van der Waals surface area contributed by atoms with Gasteiger partial charge in [0, 0.05) is 17.2 Å².